The Morgan fingerprint density at radius 1 is 1.50 bits per heavy atom. The van der Waals surface area contributed by atoms with Crippen molar-refractivity contribution in [2.45, 2.75) is 12.2 Å². The minimum atomic E-state index is -0.601. The van der Waals surface area contributed by atoms with Gasteiger partial charge in [-0.2, -0.15) is 0 Å². The molecule has 0 spiro atoms. The summed E-state index contributed by atoms with van der Waals surface area (Å²) in [5, 5.41) is 7.05. The van der Waals surface area contributed by atoms with Crippen LogP contribution in [0.4, 0.5) is 4.39 Å². The zero-order valence-corrected chi connectivity index (χ0v) is 10.6. The number of hydrogen-bond donors (Lipinski definition) is 3. The topological polar surface area (TPSA) is 93.0 Å². The SMILES string of the molecule is CC(C=Cc1cc(C(N)=O)ccc1F)SC(=N)N. The first-order valence-electron chi connectivity index (χ1n) is 5.18. The van der Waals surface area contributed by atoms with Gasteiger partial charge in [-0.05, 0) is 25.1 Å². The largest absolute Gasteiger partial charge is 0.379 e. The van der Waals surface area contributed by atoms with E-state index in [1.54, 1.807) is 12.2 Å². The van der Waals surface area contributed by atoms with Gasteiger partial charge in [-0.1, -0.05) is 23.9 Å². The summed E-state index contributed by atoms with van der Waals surface area (Å²) in [6, 6.07) is 3.92. The summed E-state index contributed by atoms with van der Waals surface area (Å²) in [5.74, 6) is -1.04. The number of nitrogens with one attached hydrogen (secondary N) is 1. The van der Waals surface area contributed by atoms with Gasteiger partial charge in [-0.3, -0.25) is 10.2 Å². The van der Waals surface area contributed by atoms with Crippen molar-refractivity contribution in [3.63, 3.8) is 0 Å². The molecule has 1 atom stereocenters. The Bertz CT molecular complexity index is 502. The minimum Gasteiger partial charge on any atom is -0.379 e. The minimum absolute atomic E-state index is 0.00138. The molecule has 0 aliphatic carbocycles. The van der Waals surface area contributed by atoms with Crippen LogP contribution < -0.4 is 11.5 Å². The quantitative estimate of drug-likeness (QED) is 0.575. The lowest BCUT2D eigenvalue weighted by atomic mass is 10.1. The molecule has 1 rings (SSSR count). The highest BCUT2D eigenvalue weighted by atomic mass is 32.2. The fraction of sp³-hybridized carbons (Fsp3) is 0.167. The highest BCUT2D eigenvalue weighted by Gasteiger charge is 2.06. The van der Waals surface area contributed by atoms with Crippen LogP contribution in [0, 0.1) is 11.2 Å². The van der Waals surface area contributed by atoms with Crippen LogP contribution in [0.15, 0.2) is 24.3 Å². The van der Waals surface area contributed by atoms with E-state index in [4.69, 9.17) is 16.9 Å². The maximum atomic E-state index is 13.5. The molecule has 0 radical (unpaired) electrons. The lowest BCUT2D eigenvalue weighted by Gasteiger charge is -2.04. The van der Waals surface area contributed by atoms with Crippen LogP contribution in [0.3, 0.4) is 0 Å². The van der Waals surface area contributed by atoms with Gasteiger partial charge in [-0.25, -0.2) is 4.39 Å². The number of carbonyl (C=O) groups is 1. The van der Waals surface area contributed by atoms with Gasteiger partial charge in [0.15, 0.2) is 5.17 Å². The second-order valence-corrected chi connectivity index (χ2v) is 5.07. The van der Waals surface area contributed by atoms with Crippen LogP contribution in [0.25, 0.3) is 6.08 Å². The van der Waals surface area contributed by atoms with Crippen molar-refractivity contribution in [3.8, 4) is 0 Å². The maximum Gasteiger partial charge on any atom is 0.248 e. The molecule has 0 aliphatic rings. The average molecular weight is 267 g/mol. The zero-order valence-electron chi connectivity index (χ0n) is 9.81. The average Bonchev–Trinajstić information content (AvgIpc) is 2.26. The first kappa shape index (κ1) is 14.2. The van der Waals surface area contributed by atoms with Gasteiger partial charge < -0.3 is 11.5 Å². The molecule has 1 aromatic carbocycles. The van der Waals surface area contributed by atoms with Crippen molar-refractivity contribution in [2.24, 2.45) is 11.5 Å². The van der Waals surface area contributed by atoms with Crippen molar-refractivity contribution >= 4 is 28.9 Å². The van der Waals surface area contributed by atoms with Crippen LogP contribution in [0.1, 0.15) is 22.8 Å². The Balaban J connectivity index is 2.89. The molecular weight excluding hydrogens is 253 g/mol. The maximum absolute atomic E-state index is 13.5. The van der Waals surface area contributed by atoms with Crippen molar-refractivity contribution in [3.05, 3.63) is 41.2 Å². The van der Waals surface area contributed by atoms with Crippen molar-refractivity contribution in [1.82, 2.24) is 0 Å². The van der Waals surface area contributed by atoms with Crippen molar-refractivity contribution in [1.29, 1.82) is 5.41 Å². The Morgan fingerprint density at radius 3 is 2.72 bits per heavy atom. The molecule has 0 aliphatic heterocycles. The van der Waals surface area contributed by atoms with E-state index in [0.717, 1.165) is 11.8 Å². The molecule has 0 fully saturated rings. The zero-order chi connectivity index (χ0) is 13.7. The number of rotatable bonds is 4. The smallest absolute Gasteiger partial charge is 0.248 e. The van der Waals surface area contributed by atoms with Gasteiger partial charge in [0.2, 0.25) is 5.91 Å². The predicted octanol–water partition coefficient (Wildman–Crippen LogP) is 1.95. The molecule has 0 aromatic heterocycles. The van der Waals surface area contributed by atoms with E-state index in [2.05, 4.69) is 0 Å². The predicted molar refractivity (Wildman–Crippen MR) is 72.9 cm³/mol. The first-order chi connectivity index (χ1) is 8.40. The number of nitrogens with two attached hydrogens (primary N) is 2. The van der Waals surface area contributed by atoms with Crippen LogP contribution in [0.5, 0.6) is 0 Å². The van der Waals surface area contributed by atoms with E-state index in [1.165, 1.54) is 18.2 Å². The number of thioether (sulfide) groups is 1. The third-order valence-corrected chi connectivity index (χ3v) is 2.92. The van der Waals surface area contributed by atoms with Gasteiger partial charge in [-0.15, -0.1) is 0 Å². The van der Waals surface area contributed by atoms with Crippen LogP contribution in [-0.4, -0.2) is 16.3 Å². The van der Waals surface area contributed by atoms with Gasteiger partial charge in [0.25, 0.3) is 0 Å². The number of carbonyl (C=O) groups excluding carboxylic acids is 1. The second-order valence-electron chi connectivity index (χ2n) is 3.65. The van der Waals surface area contributed by atoms with Crippen molar-refractivity contribution in [2.75, 3.05) is 0 Å². The number of primary amides is 1. The Labute approximate surface area is 109 Å². The lowest BCUT2D eigenvalue weighted by Crippen LogP contribution is -2.11. The van der Waals surface area contributed by atoms with E-state index < -0.39 is 11.7 Å². The molecule has 4 nitrogen and oxygen atoms in total. The molecule has 0 bridgehead atoms. The number of amides is 1. The molecular formula is C12H14FN3OS. The van der Waals surface area contributed by atoms with Gasteiger partial charge in [0.1, 0.15) is 5.82 Å². The number of amidine groups is 1. The molecule has 0 heterocycles. The van der Waals surface area contributed by atoms with Gasteiger partial charge in [0.05, 0.1) is 0 Å². The van der Waals surface area contributed by atoms with E-state index in [-0.39, 0.29) is 21.5 Å². The molecule has 5 N–H and O–H groups in total. The summed E-state index contributed by atoms with van der Waals surface area (Å²) in [5.41, 5.74) is 10.9. The summed E-state index contributed by atoms with van der Waals surface area (Å²) in [7, 11) is 0. The monoisotopic (exact) mass is 267 g/mol. The highest BCUT2D eigenvalue weighted by molar-refractivity contribution is 8.14. The molecule has 0 saturated carbocycles. The van der Waals surface area contributed by atoms with Crippen LogP contribution in [0.2, 0.25) is 0 Å². The van der Waals surface area contributed by atoms with Crippen molar-refractivity contribution < 1.29 is 9.18 Å². The van der Waals surface area contributed by atoms with Crippen LogP contribution in [-0.2, 0) is 0 Å². The third-order valence-electron chi connectivity index (χ3n) is 2.14. The van der Waals surface area contributed by atoms with Gasteiger partial charge in [0, 0.05) is 16.4 Å². The first-order valence-corrected chi connectivity index (χ1v) is 6.06. The Kier molecular flexibility index (Phi) is 4.91. The summed E-state index contributed by atoms with van der Waals surface area (Å²) in [6.07, 6.45) is 3.25. The van der Waals surface area contributed by atoms with E-state index >= 15 is 0 Å². The second kappa shape index (κ2) is 6.20. The van der Waals surface area contributed by atoms with Gasteiger partial charge >= 0.3 is 0 Å². The fourth-order valence-corrected chi connectivity index (χ4v) is 1.86. The molecule has 1 aromatic rings. The van der Waals surface area contributed by atoms with E-state index in [9.17, 15) is 9.18 Å². The van der Waals surface area contributed by atoms with E-state index in [1.807, 2.05) is 6.92 Å². The fourth-order valence-electron chi connectivity index (χ4n) is 1.30. The molecule has 6 heteroatoms. The highest BCUT2D eigenvalue weighted by Crippen LogP contribution is 2.16. The summed E-state index contributed by atoms with van der Waals surface area (Å²) >= 11 is 1.15. The number of hydrogen-bond acceptors (Lipinski definition) is 3. The van der Waals surface area contributed by atoms with E-state index in [0.29, 0.717) is 0 Å². The summed E-state index contributed by atoms with van der Waals surface area (Å²) < 4.78 is 13.5. The summed E-state index contributed by atoms with van der Waals surface area (Å²) in [4.78, 5) is 11.0. The number of halogens is 1. The lowest BCUT2D eigenvalue weighted by molar-refractivity contribution is 0.1000. The molecule has 18 heavy (non-hydrogen) atoms. The summed E-state index contributed by atoms with van der Waals surface area (Å²) in [6.45, 7) is 1.83. The molecule has 0 saturated heterocycles. The normalized spacial score (nSPS) is 12.6. The standard InChI is InChI=1S/C12H14FN3OS/c1-7(18-12(15)16)2-3-8-6-9(11(14)17)4-5-10(8)13/h2-7H,1H3,(H2,14,17)(H3,15,16). The Morgan fingerprint density at radius 2 is 2.17 bits per heavy atom. The van der Waals surface area contributed by atoms with Crippen LogP contribution >= 0.6 is 11.8 Å². The Hall–Kier alpha value is -1.82. The molecule has 1 amide bonds. The number of benzene rings is 1. The third kappa shape index (κ3) is 4.21. The molecule has 96 valence electrons. The molecule has 1 unspecified atom stereocenters.